The Morgan fingerprint density at radius 1 is 1.58 bits per heavy atom. The van der Waals surface area contributed by atoms with Gasteiger partial charge in [-0.15, -0.1) is 0 Å². The van der Waals surface area contributed by atoms with Crippen LogP contribution in [0.4, 0.5) is 0 Å². The van der Waals surface area contributed by atoms with E-state index in [2.05, 4.69) is 0 Å². The largest absolute Gasteiger partial charge is 0.482 e. The Balaban J connectivity index is 1.98. The van der Waals surface area contributed by atoms with Gasteiger partial charge in [0.2, 0.25) is 0 Å². The van der Waals surface area contributed by atoms with E-state index in [-0.39, 0.29) is 6.10 Å². The first kappa shape index (κ1) is 7.47. The van der Waals surface area contributed by atoms with Crippen molar-refractivity contribution >= 4 is 7.82 Å². The van der Waals surface area contributed by atoms with Crippen molar-refractivity contribution in [3.63, 3.8) is 0 Å². The maximum Gasteiger partial charge on any atom is 0.482 e. The molecule has 0 saturated carbocycles. The summed E-state index contributed by atoms with van der Waals surface area (Å²) in [4.78, 5) is 1.92. The summed E-state index contributed by atoms with van der Waals surface area (Å²) in [6.45, 7) is 0.903. The Morgan fingerprint density at radius 2 is 2.33 bits per heavy atom. The molecule has 0 N–H and O–H groups in total. The molecule has 4 aliphatic rings. The fourth-order valence-electron chi connectivity index (χ4n) is 2.00. The van der Waals surface area contributed by atoms with Gasteiger partial charge in [0.05, 0.1) is 0 Å². The van der Waals surface area contributed by atoms with Crippen molar-refractivity contribution in [3.05, 3.63) is 0 Å². The van der Waals surface area contributed by atoms with Crippen LogP contribution in [0.3, 0.4) is 0 Å². The van der Waals surface area contributed by atoms with Gasteiger partial charge >= 0.3 is 7.82 Å². The Labute approximate surface area is 70.2 Å². The third kappa shape index (κ3) is 0.674. The molecule has 2 bridgehead atoms. The molecule has 1 unspecified atom stereocenters. The second kappa shape index (κ2) is 1.94. The van der Waals surface area contributed by atoms with Gasteiger partial charge in [0.1, 0.15) is 6.10 Å². The Hall–Kier alpha value is 0.0700. The van der Waals surface area contributed by atoms with Crippen molar-refractivity contribution in [1.29, 1.82) is 0 Å². The summed E-state index contributed by atoms with van der Waals surface area (Å²) >= 11 is 0. The quantitative estimate of drug-likeness (QED) is 0.533. The molecule has 0 radical (unpaired) electrons. The molecule has 0 aromatic rings. The number of phosphoric ester groups is 1. The Kier molecular flexibility index (Phi) is 1.21. The van der Waals surface area contributed by atoms with Crippen LogP contribution in [0.15, 0.2) is 0 Å². The maximum absolute atomic E-state index is 11.3. The lowest BCUT2D eigenvalue weighted by molar-refractivity contribution is -0.282. The van der Waals surface area contributed by atoms with Crippen molar-refractivity contribution in [2.45, 2.75) is 24.9 Å². The van der Waals surface area contributed by atoms with Crippen LogP contribution in [0, 0.1) is 0 Å². The van der Waals surface area contributed by atoms with Gasteiger partial charge in [-0.1, -0.05) is 0 Å². The van der Waals surface area contributed by atoms with Crippen molar-refractivity contribution in [2.75, 3.05) is 13.6 Å². The molecule has 12 heavy (non-hydrogen) atoms. The highest BCUT2D eigenvalue weighted by molar-refractivity contribution is 7.50. The summed E-state index contributed by atoms with van der Waals surface area (Å²) in [7, 11) is -1.20. The number of rotatable bonds is 0. The first-order valence-electron chi connectivity index (χ1n) is 4.06. The molecule has 0 amide bonds. The van der Waals surface area contributed by atoms with Gasteiger partial charge in [-0.25, -0.2) is 13.6 Å². The summed E-state index contributed by atoms with van der Waals surface area (Å²) in [5.74, 6) is -0.798. The van der Waals surface area contributed by atoms with Crippen molar-refractivity contribution < 1.29 is 18.1 Å². The summed E-state index contributed by atoms with van der Waals surface area (Å²) in [6.07, 6.45) is 1.76. The van der Waals surface area contributed by atoms with Crippen molar-refractivity contribution in [3.8, 4) is 0 Å². The highest BCUT2D eigenvalue weighted by atomic mass is 31.2. The molecule has 6 heteroatoms. The lowest BCUT2D eigenvalue weighted by Crippen LogP contribution is -2.59. The van der Waals surface area contributed by atoms with Gasteiger partial charge < -0.3 is 0 Å². The van der Waals surface area contributed by atoms with Crippen LogP contribution in [-0.4, -0.2) is 30.5 Å². The molecule has 4 heterocycles. The van der Waals surface area contributed by atoms with E-state index < -0.39 is 13.7 Å². The van der Waals surface area contributed by atoms with Gasteiger partial charge in [-0.2, -0.15) is 0 Å². The molecule has 1 atom stereocenters. The van der Waals surface area contributed by atoms with Gasteiger partial charge in [-0.05, 0) is 19.9 Å². The molecular formula is C6H10NO4P. The molecule has 0 aromatic heterocycles. The number of hydrogen-bond donors (Lipinski definition) is 0. The number of likely N-dealkylation sites (tertiary alicyclic amines) is 1. The van der Waals surface area contributed by atoms with Crippen LogP contribution in [-0.2, 0) is 18.1 Å². The minimum Gasteiger partial charge on any atom is -0.276 e. The highest BCUT2D eigenvalue weighted by Gasteiger charge is 2.73. The predicted octanol–water partition coefficient (Wildman–Crippen LogP) is 0.919. The van der Waals surface area contributed by atoms with Gasteiger partial charge in [0, 0.05) is 6.54 Å². The van der Waals surface area contributed by atoms with E-state index in [9.17, 15) is 4.57 Å². The third-order valence-electron chi connectivity index (χ3n) is 2.64. The zero-order valence-electron chi connectivity index (χ0n) is 6.73. The molecule has 5 nitrogen and oxygen atoms in total. The highest BCUT2D eigenvalue weighted by Crippen LogP contribution is 2.75. The van der Waals surface area contributed by atoms with Crippen LogP contribution in [0.25, 0.3) is 0 Å². The molecule has 0 aliphatic carbocycles. The maximum atomic E-state index is 11.3. The zero-order valence-corrected chi connectivity index (χ0v) is 7.62. The Morgan fingerprint density at radius 3 is 3.00 bits per heavy atom. The van der Waals surface area contributed by atoms with Crippen molar-refractivity contribution in [2.24, 2.45) is 0 Å². The van der Waals surface area contributed by atoms with Crippen LogP contribution in [0.2, 0.25) is 0 Å². The minimum atomic E-state index is -3.09. The fourth-order valence-corrected chi connectivity index (χ4v) is 3.80. The smallest absolute Gasteiger partial charge is 0.276 e. The average molecular weight is 191 g/mol. The third-order valence-corrected chi connectivity index (χ3v) is 4.12. The van der Waals surface area contributed by atoms with Gasteiger partial charge in [0.25, 0.3) is 5.91 Å². The van der Waals surface area contributed by atoms with Gasteiger partial charge in [-0.3, -0.25) is 9.42 Å². The molecule has 4 saturated heterocycles. The van der Waals surface area contributed by atoms with E-state index in [0.29, 0.717) is 0 Å². The minimum absolute atomic E-state index is 0.151. The molecule has 4 rings (SSSR count). The van der Waals surface area contributed by atoms with E-state index >= 15 is 0 Å². The number of likely N-dealkylation sites (N-methyl/N-ethyl adjacent to an activating group) is 1. The fraction of sp³-hybridized carbons (Fsp3) is 1.00. The number of hydrogen-bond acceptors (Lipinski definition) is 5. The van der Waals surface area contributed by atoms with E-state index in [4.69, 9.17) is 13.6 Å². The van der Waals surface area contributed by atoms with E-state index in [1.807, 2.05) is 11.9 Å². The van der Waals surface area contributed by atoms with Gasteiger partial charge in [0.15, 0.2) is 0 Å². The summed E-state index contributed by atoms with van der Waals surface area (Å²) < 4.78 is 26.8. The van der Waals surface area contributed by atoms with E-state index in [1.54, 1.807) is 0 Å². The first-order chi connectivity index (χ1) is 5.65. The average Bonchev–Trinajstić information content (AvgIpc) is 2.37. The molecule has 1 spiro atoms. The van der Waals surface area contributed by atoms with E-state index in [1.165, 1.54) is 0 Å². The Bertz CT molecular complexity index is 271. The lowest BCUT2D eigenvalue weighted by Gasteiger charge is -2.44. The zero-order chi connectivity index (χ0) is 8.40. The molecule has 4 aliphatic heterocycles. The normalized spacial score (nSPS) is 57.9. The summed E-state index contributed by atoms with van der Waals surface area (Å²) in [6, 6.07) is 0. The topological polar surface area (TPSA) is 48.0 Å². The number of phosphoric acid groups is 1. The predicted molar refractivity (Wildman–Crippen MR) is 39.2 cm³/mol. The lowest BCUT2D eigenvalue weighted by atomic mass is 10.1. The second-order valence-electron chi connectivity index (χ2n) is 3.42. The van der Waals surface area contributed by atoms with Crippen LogP contribution in [0.5, 0.6) is 0 Å². The van der Waals surface area contributed by atoms with Crippen LogP contribution < -0.4 is 0 Å². The van der Waals surface area contributed by atoms with Crippen LogP contribution in [0.1, 0.15) is 12.8 Å². The van der Waals surface area contributed by atoms with E-state index in [0.717, 1.165) is 19.4 Å². The summed E-state index contributed by atoms with van der Waals surface area (Å²) in [5, 5.41) is 0. The number of piperidine rings is 1. The monoisotopic (exact) mass is 191 g/mol. The first-order valence-corrected chi connectivity index (χ1v) is 5.52. The number of nitrogens with zero attached hydrogens (tertiary/aromatic N) is 1. The standard InChI is InChI=1S/C6H10NO4P/c1-7-4-2-3-5-6(7)10-12(8,9-5)11-6/h5H,2-4H2,1H3. The van der Waals surface area contributed by atoms with Crippen LogP contribution >= 0.6 is 7.82 Å². The van der Waals surface area contributed by atoms with Crippen molar-refractivity contribution in [1.82, 2.24) is 4.90 Å². The second-order valence-corrected chi connectivity index (χ2v) is 4.89. The molecule has 0 aromatic carbocycles. The molecule has 68 valence electrons. The molecule has 4 fully saturated rings. The summed E-state index contributed by atoms with van der Waals surface area (Å²) in [5.41, 5.74) is 0. The molecular weight excluding hydrogens is 181 g/mol. The SMILES string of the molecule is CN1CCCC2OP3(=O)OC21O3.